The lowest BCUT2D eigenvalue weighted by atomic mass is 10.1. The number of hydrogen-bond acceptors (Lipinski definition) is 3. The molecule has 0 saturated carbocycles. The second kappa shape index (κ2) is 9.86. The summed E-state index contributed by atoms with van der Waals surface area (Å²) in [7, 11) is 0. The van der Waals surface area contributed by atoms with Gasteiger partial charge in [0.25, 0.3) is 0 Å². The Hall–Kier alpha value is -1.06. The molecule has 0 aromatic heterocycles. The highest BCUT2D eigenvalue weighted by molar-refractivity contribution is 5.27. The van der Waals surface area contributed by atoms with Crippen molar-refractivity contribution in [3.63, 3.8) is 0 Å². The standard InChI is InChI=1S/C19H32N2O/c1-3-20(4-2)15-8-16-22-19-11-9-18(10-12-19)17-21-13-6-5-7-14-21/h9-12H,3-8,13-17H2,1-2H3. The van der Waals surface area contributed by atoms with Crippen LogP contribution >= 0.6 is 0 Å². The third-order valence-corrected chi connectivity index (χ3v) is 4.56. The zero-order valence-corrected chi connectivity index (χ0v) is 14.4. The lowest BCUT2D eigenvalue weighted by molar-refractivity contribution is 0.220. The van der Waals surface area contributed by atoms with Gasteiger partial charge in [0.2, 0.25) is 0 Å². The minimum Gasteiger partial charge on any atom is -0.494 e. The van der Waals surface area contributed by atoms with Gasteiger partial charge in [-0.2, -0.15) is 0 Å². The lowest BCUT2D eigenvalue weighted by Gasteiger charge is -2.26. The average molecular weight is 304 g/mol. The van der Waals surface area contributed by atoms with Crippen molar-refractivity contribution in [2.45, 2.75) is 46.1 Å². The van der Waals surface area contributed by atoms with Crippen molar-refractivity contribution in [2.24, 2.45) is 0 Å². The Morgan fingerprint density at radius 3 is 2.32 bits per heavy atom. The Morgan fingerprint density at radius 1 is 1.00 bits per heavy atom. The van der Waals surface area contributed by atoms with Crippen molar-refractivity contribution in [1.82, 2.24) is 9.80 Å². The van der Waals surface area contributed by atoms with E-state index in [1.165, 1.54) is 37.9 Å². The van der Waals surface area contributed by atoms with E-state index in [2.05, 4.69) is 47.9 Å². The fourth-order valence-electron chi connectivity index (χ4n) is 3.08. The summed E-state index contributed by atoms with van der Waals surface area (Å²) >= 11 is 0. The molecule has 0 bridgehead atoms. The van der Waals surface area contributed by atoms with E-state index < -0.39 is 0 Å². The lowest BCUT2D eigenvalue weighted by Crippen LogP contribution is -2.29. The minimum absolute atomic E-state index is 0.808. The molecule has 1 aromatic rings. The van der Waals surface area contributed by atoms with Crippen LogP contribution in [-0.2, 0) is 6.54 Å². The third kappa shape index (κ3) is 5.98. The monoisotopic (exact) mass is 304 g/mol. The van der Waals surface area contributed by atoms with Crippen LogP contribution in [0.1, 0.15) is 45.1 Å². The molecule has 22 heavy (non-hydrogen) atoms. The van der Waals surface area contributed by atoms with Crippen molar-refractivity contribution in [3.8, 4) is 5.75 Å². The molecule has 1 saturated heterocycles. The summed E-state index contributed by atoms with van der Waals surface area (Å²) < 4.78 is 5.85. The summed E-state index contributed by atoms with van der Waals surface area (Å²) in [6.07, 6.45) is 5.20. The highest BCUT2D eigenvalue weighted by Gasteiger charge is 2.10. The molecule has 0 spiro atoms. The highest BCUT2D eigenvalue weighted by atomic mass is 16.5. The van der Waals surface area contributed by atoms with Gasteiger partial charge in [-0.05, 0) is 63.1 Å². The summed E-state index contributed by atoms with van der Waals surface area (Å²) in [6, 6.07) is 8.68. The van der Waals surface area contributed by atoms with E-state index in [1.807, 2.05) is 0 Å². The van der Waals surface area contributed by atoms with Gasteiger partial charge in [0.1, 0.15) is 5.75 Å². The van der Waals surface area contributed by atoms with Crippen LogP contribution in [0.3, 0.4) is 0 Å². The SMILES string of the molecule is CCN(CC)CCCOc1ccc(CN2CCCCC2)cc1. The van der Waals surface area contributed by atoms with Crippen LogP contribution in [-0.4, -0.2) is 49.1 Å². The number of nitrogens with zero attached hydrogens (tertiary/aromatic N) is 2. The van der Waals surface area contributed by atoms with Crippen molar-refractivity contribution >= 4 is 0 Å². The molecule has 1 aromatic carbocycles. The van der Waals surface area contributed by atoms with Crippen LogP contribution in [0.25, 0.3) is 0 Å². The number of hydrogen-bond donors (Lipinski definition) is 0. The second-order valence-corrected chi connectivity index (χ2v) is 6.21. The maximum atomic E-state index is 5.85. The molecule has 0 N–H and O–H groups in total. The molecule has 124 valence electrons. The van der Waals surface area contributed by atoms with Gasteiger partial charge in [0.15, 0.2) is 0 Å². The first-order valence-corrected chi connectivity index (χ1v) is 8.98. The van der Waals surface area contributed by atoms with Crippen LogP contribution in [0.4, 0.5) is 0 Å². The predicted molar refractivity (Wildman–Crippen MR) is 93.5 cm³/mol. The molecule has 1 fully saturated rings. The first-order valence-electron chi connectivity index (χ1n) is 8.98. The zero-order chi connectivity index (χ0) is 15.6. The molecule has 1 heterocycles. The number of piperidine rings is 1. The van der Waals surface area contributed by atoms with Crippen LogP contribution in [0.5, 0.6) is 5.75 Å². The minimum atomic E-state index is 0.808. The fourth-order valence-corrected chi connectivity index (χ4v) is 3.08. The zero-order valence-electron chi connectivity index (χ0n) is 14.4. The number of ether oxygens (including phenoxy) is 1. The van der Waals surface area contributed by atoms with E-state index in [4.69, 9.17) is 4.74 Å². The number of likely N-dealkylation sites (tertiary alicyclic amines) is 1. The molecular formula is C19H32N2O. The number of benzene rings is 1. The maximum Gasteiger partial charge on any atom is 0.119 e. The Morgan fingerprint density at radius 2 is 1.68 bits per heavy atom. The van der Waals surface area contributed by atoms with Gasteiger partial charge >= 0.3 is 0 Å². The van der Waals surface area contributed by atoms with Gasteiger partial charge < -0.3 is 9.64 Å². The molecule has 0 atom stereocenters. The molecule has 0 unspecified atom stereocenters. The summed E-state index contributed by atoms with van der Waals surface area (Å²) in [5.74, 6) is 1.00. The highest BCUT2D eigenvalue weighted by Crippen LogP contribution is 2.16. The molecule has 3 nitrogen and oxygen atoms in total. The summed E-state index contributed by atoms with van der Waals surface area (Å²) in [4.78, 5) is 4.99. The van der Waals surface area contributed by atoms with Crippen LogP contribution in [0, 0.1) is 0 Å². The molecule has 0 aliphatic carbocycles. The van der Waals surface area contributed by atoms with Crippen LogP contribution < -0.4 is 4.74 Å². The van der Waals surface area contributed by atoms with Gasteiger partial charge in [-0.3, -0.25) is 4.90 Å². The van der Waals surface area contributed by atoms with Gasteiger partial charge in [0, 0.05) is 13.1 Å². The van der Waals surface area contributed by atoms with Crippen molar-refractivity contribution in [2.75, 3.05) is 39.3 Å². The Bertz CT molecular complexity index is 394. The largest absolute Gasteiger partial charge is 0.494 e. The Kier molecular flexibility index (Phi) is 7.75. The summed E-state index contributed by atoms with van der Waals surface area (Å²) in [6.45, 7) is 12.2. The molecular weight excluding hydrogens is 272 g/mol. The van der Waals surface area contributed by atoms with E-state index in [-0.39, 0.29) is 0 Å². The van der Waals surface area contributed by atoms with E-state index >= 15 is 0 Å². The fraction of sp³-hybridized carbons (Fsp3) is 0.684. The van der Waals surface area contributed by atoms with E-state index in [0.29, 0.717) is 0 Å². The molecule has 0 radical (unpaired) electrons. The number of rotatable bonds is 9. The van der Waals surface area contributed by atoms with Crippen molar-refractivity contribution in [3.05, 3.63) is 29.8 Å². The van der Waals surface area contributed by atoms with E-state index in [0.717, 1.165) is 45.0 Å². The molecule has 3 heteroatoms. The normalized spacial score (nSPS) is 16.1. The van der Waals surface area contributed by atoms with Crippen molar-refractivity contribution in [1.29, 1.82) is 0 Å². The maximum absolute atomic E-state index is 5.85. The first kappa shape index (κ1) is 17.3. The van der Waals surface area contributed by atoms with Gasteiger partial charge in [-0.25, -0.2) is 0 Å². The van der Waals surface area contributed by atoms with E-state index in [9.17, 15) is 0 Å². The molecule has 1 aliphatic rings. The van der Waals surface area contributed by atoms with Gasteiger partial charge in [-0.1, -0.05) is 32.4 Å². The van der Waals surface area contributed by atoms with E-state index in [1.54, 1.807) is 0 Å². The third-order valence-electron chi connectivity index (χ3n) is 4.56. The van der Waals surface area contributed by atoms with Crippen molar-refractivity contribution < 1.29 is 4.74 Å². The van der Waals surface area contributed by atoms with Crippen LogP contribution in [0.2, 0.25) is 0 Å². The summed E-state index contributed by atoms with van der Waals surface area (Å²) in [5, 5.41) is 0. The quantitative estimate of drug-likeness (QED) is 0.646. The predicted octanol–water partition coefficient (Wildman–Crippen LogP) is 3.78. The molecule has 1 aliphatic heterocycles. The first-order chi connectivity index (χ1) is 10.8. The van der Waals surface area contributed by atoms with Crippen LogP contribution in [0.15, 0.2) is 24.3 Å². The summed E-state index contributed by atoms with van der Waals surface area (Å²) in [5.41, 5.74) is 1.40. The second-order valence-electron chi connectivity index (χ2n) is 6.21. The topological polar surface area (TPSA) is 15.7 Å². The molecule has 0 amide bonds. The average Bonchev–Trinajstić information content (AvgIpc) is 2.57. The van der Waals surface area contributed by atoms with Gasteiger partial charge in [0.05, 0.1) is 6.61 Å². The Labute approximate surface area is 136 Å². The van der Waals surface area contributed by atoms with Gasteiger partial charge in [-0.15, -0.1) is 0 Å². The molecule has 2 rings (SSSR count). The smallest absolute Gasteiger partial charge is 0.119 e. The Balaban J connectivity index is 1.67.